The van der Waals surface area contributed by atoms with Crippen LogP contribution in [-0.2, 0) is 4.79 Å². The van der Waals surface area contributed by atoms with Gasteiger partial charge < -0.3 is 20.3 Å². The van der Waals surface area contributed by atoms with E-state index in [4.69, 9.17) is 4.74 Å². The summed E-state index contributed by atoms with van der Waals surface area (Å²) in [4.78, 5) is 26.8. The molecule has 0 saturated heterocycles. The van der Waals surface area contributed by atoms with Crippen LogP contribution >= 0.6 is 0 Å². The number of likely N-dealkylation sites (N-methyl/N-ethyl adjacent to an activating group) is 1. The Kier molecular flexibility index (Phi) is 8.68. The summed E-state index contributed by atoms with van der Waals surface area (Å²) >= 11 is 0. The zero-order chi connectivity index (χ0) is 21.2. The fourth-order valence-electron chi connectivity index (χ4n) is 2.86. The van der Waals surface area contributed by atoms with Crippen LogP contribution in [0.1, 0.15) is 36.7 Å². The third kappa shape index (κ3) is 7.23. The maximum absolute atomic E-state index is 12.4. The number of benzene rings is 2. The van der Waals surface area contributed by atoms with Gasteiger partial charge in [-0.25, -0.2) is 0 Å². The first-order chi connectivity index (χ1) is 13.9. The summed E-state index contributed by atoms with van der Waals surface area (Å²) in [5, 5.41) is 5.73. The Morgan fingerprint density at radius 1 is 1.07 bits per heavy atom. The Hall–Kier alpha value is -2.86. The minimum absolute atomic E-state index is 0.119. The average molecular weight is 398 g/mol. The average Bonchev–Trinajstić information content (AvgIpc) is 2.71. The van der Waals surface area contributed by atoms with E-state index in [0.29, 0.717) is 23.5 Å². The van der Waals surface area contributed by atoms with Gasteiger partial charge in [0.2, 0.25) is 0 Å². The van der Waals surface area contributed by atoms with Crippen LogP contribution < -0.4 is 15.4 Å². The van der Waals surface area contributed by atoms with Crippen LogP contribution in [0.4, 0.5) is 5.69 Å². The van der Waals surface area contributed by atoms with Crippen molar-refractivity contribution in [3.05, 3.63) is 59.7 Å². The van der Waals surface area contributed by atoms with Gasteiger partial charge in [0.1, 0.15) is 5.75 Å². The highest BCUT2D eigenvalue weighted by atomic mass is 16.5. The summed E-state index contributed by atoms with van der Waals surface area (Å²) in [6.45, 7) is 11.2. The molecule has 0 spiro atoms. The Morgan fingerprint density at radius 3 is 2.38 bits per heavy atom. The van der Waals surface area contributed by atoms with Crippen LogP contribution in [0.5, 0.6) is 5.75 Å². The van der Waals surface area contributed by atoms with Crippen molar-refractivity contribution in [1.82, 2.24) is 10.2 Å². The third-order valence-electron chi connectivity index (χ3n) is 4.69. The Labute approximate surface area is 173 Å². The number of carbonyl (C=O) groups is 2. The Morgan fingerprint density at radius 2 is 1.76 bits per heavy atom. The molecule has 0 heterocycles. The van der Waals surface area contributed by atoms with Gasteiger partial charge in [0.15, 0.2) is 6.10 Å². The SMILES string of the molecule is CCN(CC)CCNC(=O)c1ccc(NC(=O)C(C)Oc2cccc(C)c2)cc1. The van der Waals surface area contributed by atoms with Gasteiger partial charge in [-0.1, -0.05) is 26.0 Å². The minimum Gasteiger partial charge on any atom is -0.481 e. The van der Waals surface area contributed by atoms with Crippen LogP contribution in [0.25, 0.3) is 0 Å². The molecule has 6 heteroatoms. The molecule has 0 aliphatic carbocycles. The summed E-state index contributed by atoms with van der Waals surface area (Å²) in [6.07, 6.45) is -0.639. The van der Waals surface area contributed by atoms with Crippen molar-refractivity contribution in [2.45, 2.75) is 33.8 Å². The smallest absolute Gasteiger partial charge is 0.265 e. The van der Waals surface area contributed by atoms with Crippen molar-refractivity contribution in [1.29, 1.82) is 0 Å². The summed E-state index contributed by atoms with van der Waals surface area (Å²) in [6, 6.07) is 14.4. The standard InChI is InChI=1S/C23H31N3O3/c1-5-26(6-2)15-14-24-23(28)19-10-12-20(13-11-19)25-22(27)18(4)29-21-9-7-8-17(3)16-21/h7-13,16,18H,5-6,14-15H2,1-4H3,(H,24,28)(H,25,27). The molecule has 156 valence electrons. The van der Waals surface area contributed by atoms with E-state index >= 15 is 0 Å². The lowest BCUT2D eigenvalue weighted by atomic mass is 10.2. The number of ether oxygens (including phenoxy) is 1. The number of hydrogen-bond acceptors (Lipinski definition) is 4. The second kappa shape index (κ2) is 11.2. The molecule has 6 nitrogen and oxygen atoms in total. The summed E-state index contributed by atoms with van der Waals surface area (Å²) in [5.41, 5.74) is 2.25. The lowest BCUT2D eigenvalue weighted by Gasteiger charge is -2.18. The fourth-order valence-corrected chi connectivity index (χ4v) is 2.86. The number of aryl methyl sites for hydroxylation is 1. The normalized spacial score (nSPS) is 11.8. The molecule has 0 aliphatic heterocycles. The molecule has 1 atom stereocenters. The molecule has 0 radical (unpaired) electrons. The van der Waals surface area contributed by atoms with Crippen molar-refractivity contribution >= 4 is 17.5 Å². The fraction of sp³-hybridized carbons (Fsp3) is 0.391. The number of anilines is 1. The molecule has 2 rings (SSSR count). The van der Waals surface area contributed by atoms with Crippen molar-refractivity contribution < 1.29 is 14.3 Å². The highest BCUT2D eigenvalue weighted by Crippen LogP contribution is 2.15. The van der Waals surface area contributed by atoms with Crippen molar-refractivity contribution in [3.8, 4) is 5.75 Å². The quantitative estimate of drug-likeness (QED) is 0.644. The first-order valence-corrected chi connectivity index (χ1v) is 10.1. The summed E-state index contributed by atoms with van der Waals surface area (Å²) in [5.74, 6) is 0.290. The number of nitrogens with one attached hydrogen (secondary N) is 2. The van der Waals surface area contributed by atoms with Crippen molar-refractivity contribution in [3.63, 3.8) is 0 Å². The summed E-state index contributed by atoms with van der Waals surface area (Å²) < 4.78 is 5.69. The molecule has 0 aromatic heterocycles. The molecule has 0 bridgehead atoms. The number of hydrogen-bond donors (Lipinski definition) is 2. The van der Waals surface area contributed by atoms with Crippen molar-refractivity contribution in [2.75, 3.05) is 31.5 Å². The van der Waals surface area contributed by atoms with E-state index in [-0.39, 0.29) is 11.8 Å². The van der Waals surface area contributed by atoms with Gasteiger partial charge in [0.25, 0.3) is 11.8 Å². The van der Waals surface area contributed by atoms with Gasteiger partial charge in [0.05, 0.1) is 0 Å². The molecule has 29 heavy (non-hydrogen) atoms. The van der Waals surface area contributed by atoms with Crippen LogP contribution in [-0.4, -0.2) is 49.0 Å². The molecule has 0 aliphatic rings. The third-order valence-corrected chi connectivity index (χ3v) is 4.69. The second-order valence-corrected chi connectivity index (χ2v) is 6.93. The zero-order valence-corrected chi connectivity index (χ0v) is 17.7. The van der Waals surface area contributed by atoms with Gasteiger partial charge in [-0.05, 0) is 68.9 Å². The van der Waals surface area contributed by atoms with E-state index in [2.05, 4.69) is 29.4 Å². The Bertz CT molecular complexity index is 801. The lowest BCUT2D eigenvalue weighted by molar-refractivity contribution is -0.122. The van der Waals surface area contributed by atoms with E-state index in [1.165, 1.54) is 0 Å². The van der Waals surface area contributed by atoms with Crippen LogP contribution in [0, 0.1) is 6.92 Å². The molecule has 1 unspecified atom stereocenters. The molecule has 2 N–H and O–H groups in total. The van der Waals surface area contributed by atoms with Gasteiger partial charge in [-0.3, -0.25) is 9.59 Å². The summed E-state index contributed by atoms with van der Waals surface area (Å²) in [7, 11) is 0. The van der Waals surface area contributed by atoms with E-state index in [1.807, 2.05) is 31.2 Å². The number of amides is 2. The number of rotatable bonds is 10. The van der Waals surface area contributed by atoms with Crippen LogP contribution in [0.3, 0.4) is 0 Å². The molecule has 2 aromatic rings. The predicted molar refractivity (Wildman–Crippen MR) is 116 cm³/mol. The van der Waals surface area contributed by atoms with Gasteiger partial charge >= 0.3 is 0 Å². The zero-order valence-electron chi connectivity index (χ0n) is 17.7. The maximum atomic E-state index is 12.4. The lowest BCUT2D eigenvalue weighted by Crippen LogP contribution is -2.34. The Balaban J connectivity index is 1.84. The molecule has 2 amide bonds. The van der Waals surface area contributed by atoms with Gasteiger partial charge in [-0.2, -0.15) is 0 Å². The molecule has 0 fully saturated rings. The van der Waals surface area contributed by atoms with Gasteiger partial charge in [-0.15, -0.1) is 0 Å². The largest absolute Gasteiger partial charge is 0.481 e. The predicted octanol–water partition coefficient (Wildman–Crippen LogP) is 3.47. The van der Waals surface area contributed by atoms with E-state index in [0.717, 1.165) is 25.2 Å². The van der Waals surface area contributed by atoms with E-state index in [1.54, 1.807) is 31.2 Å². The number of carbonyl (C=O) groups excluding carboxylic acids is 2. The van der Waals surface area contributed by atoms with E-state index < -0.39 is 6.10 Å². The van der Waals surface area contributed by atoms with Crippen LogP contribution in [0.2, 0.25) is 0 Å². The maximum Gasteiger partial charge on any atom is 0.265 e. The van der Waals surface area contributed by atoms with Gasteiger partial charge in [0, 0.05) is 24.3 Å². The van der Waals surface area contributed by atoms with E-state index in [9.17, 15) is 9.59 Å². The van der Waals surface area contributed by atoms with Crippen molar-refractivity contribution in [2.24, 2.45) is 0 Å². The molecule has 0 saturated carbocycles. The topological polar surface area (TPSA) is 70.7 Å². The monoisotopic (exact) mass is 397 g/mol. The second-order valence-electron chi connectivity index (χ2n) is 6.93. The minimum atomic E-state index is -0.639. The molecule has 2 aromatic carbocycles. The first kappa shape index (κ1) is 22.4. The highest BCUT2D eigenvalue weighted by Gasteiger charge is 2.15. The molecular formula is C23H31N3O3. The first-order valence-electron chi connectivity index (χ1n) is 10.1. The molecular weight excluding hydrogens is 366 g/mol. The van der Waals surface area contributed by atoms with Crippen LogP contribution in [0.15, 0.2) is 48.5 Å². The highest BCUT2D eigenvalue weighted by molar-refractivity contribution is 5.96. The number of nitrogens with zero attached hydrogens (tertiary/aromatic N) is 1.